The third-order valence-electron chi connectivity index (χ3n) is 17.4. The molecular formula is C52H88N2O41. The van der Waals surface area contributed by atoms with Crippen LogP contribution in [-0.2, 0) is 80.6 Å². The second-order valence-corrected chi connectivity index (χ2v) is 23.9. The summed E-state index contributed by atoms with van der Waals surface area (Å²) < 4.78 is 86.6. The van der Waals surface area contributed by atoms with Crippen LogP contribution in [0.2, 0.25) is 0 Å². The number of aliphatic hydroxyl groups is 24. The summed E-state index contributed by atoms with van der Waals surface area (Å²) >= 11 is 0. The van der Waals surface area contributed by atoms with Crippen LogP contribution >= 0.6 is 0 Å². The molecule has 0 radical (unpaired) electrons. The molecule has 0 saturated carbocycles. The molecule has 0 aromatic heterocycles. The number of nitrogens with one attached hydrogen (secondary N) is 2. The van der Waals surface area contributed by atoms with E-state index in [2.05, 4.69) is 10.6 Å². The summed E-state index contributed by atoms with van der Waals surface area (Å²) in [6, 6.07) is -3.49. The van der Waals surface area contributed by atoms with Gasteiger partial charge >= 0.3 is 0 Å². The minimum atomic E-state index is -2.49. The fourth-order valence-electron chi connectivity index (χ4n) is 12.1. The lowest BCUT2D eigenvalue weighted by atomic mass is 9.94. The van der Waals surface area contributed by atoms with Gasteiger partial charge in [-0.1, -0.05) is 0 Å². The number of ether oxygens (including phenoxy) is 15. The monoisotopic (exact) mass is 1400 g/mol. The van der Waals surface area contributed by atoms with Crippen LogP contribution in [0.4, 0.5) is 0 Å². The van der Waals surface area contributed by atoms with Crippen molar-refractivity contribution in [3.63, 3.8) is 0 Å². The molecule has 0 spiro atoms. The van der Waals surface area contributed by atoms with Gasteiger partial charge in [-0.2, -0.15) is 0 Å². The molecule has 0 bridgehead atoms. The highest BCUT2D eigenvalue weighted by Gasteiger charge is 2.59. The Morgan fingerprint density at radius 2 is 0.568 bits per heavy atom. The van der Waals surface area contributed by atoms with Gasteiger partial charge in [0.15, 0.2) is 50.3 Å². The van der Waals surface area contributed by atoms with Gasteiger partial charge in [0.05, 0.1) is 52.9 Å². The zero-order valence-electron chi connectivity index (χ0n) is 50.4. The molecule has 0 aromatic rings. The van der Waals surface area contributed by atoms with Gasteiger partial charge in [0, 0.05) is 13.8 Å². The molecule has 2 amide bonds. The lowest BCUT2D eigenvalue weighted by molar-refractivity contribution is -0.399. The molecule has 8 rings (SSSR count). The van der Waals surface area contributed by atoms with E-state index in [1.165, 1.54) is 0 Å². The Bertz CT molecular complexity index is 2380. The first kappa shape index (κ1) is 78.1. The molecule has 95 heavy (non-hydrogen) atoms. The summed E-state index contributed by atoms with van der Waals surface area (Å²) in [5.41, 5.74) is 0. The molecule has 43 heteroatoms. The Hall–Kier alpha value is -2.62. The summed E-state index contributed by atoms with van der Waals surface area (Å²) in [6.45, 7) is -6.26. The predicted molar refractivity (Wildman–Crippen MR) is 288 cm³/mol. The first-order chi connectivity index (χ1) is 44.9. The highest BCUT2D eigenvalue weighted by molar-refractivity contribution is 5.73. The summed E-state index contributed by atoms with van der Waals surface area (Å²) in [6.07, 6.45) is -77.9. The van der Waals surface area contributed by atoms with Crippen LogP contribution in [0.15, 0.2) is 0 Å². The maximum absolute atomic E-state index is 12.8. The first-order valence-corrected chi connectivity index (χ1v) is 30.1. The van der Waals surface area contributed by atoms with Crippen molar-refractivity contribution < 1.29 is 203 Å². The Labute approximate surface area is 536 Å². The SMILES string of the molecule is CC(=O)N[C@H]1[C@H](O[C@H]2[C@H](O)[C@@H](NC(C)=O)C(O)O[C@@H]2CO)O[C@H](CO)[C@@H](O[C@@H]2O[C@H](CO[C@H]3O[C@H](CO[C@H]4O[C@H](CO)[C@@H](O)[C@H](O)[C@@H]4O)[C@@H](O)[C@H](O[C@@H]4O[C@H](CO)[C@@H](O)[C@H](O)[C@@H]4O)[C@@H]3O)[C@@H](O)[C@H](O[C@H]3O[C@H](CO)[C@@H](O)[C@H](O)[C@@H]3O[C@H]3O[C@H](CO)[C@@H](O)[C@H](O)[C@@H]3O)[C@@H]2O)[C@@H]1O. The van der Waals surface area contributed by atoms with E-state index in [1.807, 2.05) is 0 Å². The third kappa shape index (κ3) is 17.0. The van der Waals surface area contributed by atoms with Crippen LogP contribution in [0.1, 0.15) is 13.8 Å². The van der Waals surface area contributed by atoms with Crippen LogP contribution in [0, 0.1) is 0 Å². The number of hydrogen-bond acceptors (Lipinski definition) is 41. The minimum absolute atomic E-state index is 0.766. The van der Waals surface area contributed by atoms with Gasteiger partial charge in [-0.25, -0.2) is 0 Å². The van der Waals surface area contributed by atoms with Gasteiger partial charge in [-0.15, -0.1) is 0 Å². The zero-order valence-corrected chi connectivity index (χ0v) is 50.4. The van der Waals surface area contributed by atoms with Crippen molar-refractivity contribution in [3.05, 3.63) is 0 Å². The summed E-state index contributed by atoms with van der Waals surface area (Å²) in [5.74, 6) is -1.68. The van der Waals surface area contributed by atoms with Crippen LogP contribution in [0.5, 0.6) is 0 Å². The second kappa shape index (κ2) is 33.9. The average molecular weight is 1400 g/mol. The third-order valence-corrected chi connectivity index (χ3v) is 17.4. The van der Waals surface area contributed by atoms with E-state index in [4.69, 9.17) is 71.1 Å². The Balaban J connectivity index is 1.12. The van der Waals surface area contributed by atoms with Gasteiger partial charge < -0.3 is 204 Å². The molecule has 8 aliphatic heterocycles. The lowest BCUT2D eigenvalue weighted by Gasteiger charge is -2.50. The maximum atomic E-state index is 12.8. The van der Waals surface area contributed by atoms with Crippen molar-refractivity contribution in [2.75, 3.05) is 52.9 Å². The van der Waals surface area contributed by atoms with E-state index in [0.717, 1.165) is 13.8 Å². The number of hydrogen-bond donors (Lipinski definition) is 26. The number of rotatable bonds is 24. The molecule has 8 saturated heterocycles. The van der Waals surface area contributed by atoms with E-state index in [-0.39, 0.29) is 0 Å². The van der Waals surface area contributed by atoms with E-state index in [0.29, 0.717) is 0 Å². The summed E-state index contributed by atoms with van der Waals surface area (Å²) in [7, 11) is 0. The van der Waals surface area contributed by atoms with Crippen LogP contribution in [-0.4, -0.2) is 433 Å². The van der Waals surface area contributed by atoms with Crippen molar-refractivity contribution in [2.24, 2.45) is 0 Å². The number of aliphatic hydroxyl groups excluding tert-OH is 24. The van der Waals surface area contributed by atoms with Crippen LogP contribution < -0.4 is 10.6 Å². The standard InChI is InChI=1S/C52H88N2O41/c1-11(61)53-21-29(69)40(17(7-59)83-45(21)80)91-46-22(54-12(2)62)30(70)41(18(8-60)88-46)92-51-39(79)43(94-52-44(34(74)26(66)16(6-58)87-52)95-50-37(77)33(73)25(65)15(5-57)86-50)28(68)20(90-51)10-82-48-38(78)42(93-49-36(76)32(72)24(64)14(4-56)85-49)27(67)19(89-48)9-81-47-35(75)31(71)23(63)13(3-55)84-47/h13-52,55-60,63-80H,3-10H2,1-2H3,(H,53,61)(H,54,62)/t13-,14-,15-,16-,17-,18-,19-,20-,21-,22-,23-,24-,25-,26-,27-,28-,29-,30-,31+,32+,33+,34+,35+,36+,37+,38+,39+,40-,41-,42+,43+,44+,45?,46+,47+,48+,49+,50-,51+,52-/m1/s1. The lowest BCUT2D eigenvalue weighted by Crippen LogP contribution is -2.70. The van der Waals surface area contributed by atoms with Crippen LogP contribution in [0.25, 0.3) is 0 Å². The number of carbonyl (C=O) groups excluding carboxylic acids is 2. The van der Waals surface area contributed by atoms with E-state index in [1.54, 1.807) is 0 Å². The maximum Gasteiger partial charge on any atom is 0.217 e. The van der Waals surface area contributed by atoms with Gasteiger partial charge in [-0.05, 0) is 0 Å². The Morgan fingerprint density at radius 3 is 1.02 bits per heavy atom. The van der Waals surface area contributed by atoms with Gasteiger partial charge in [-0.3, -0.25) is 9.59 Å². The van der Waals surface area contributed by atoms with Gasteiger partial charge in [0.25, 0.3) is 0 Å². The molecule has 43 nitrogen and oxygen atoms in total. The predicted octanol–water partition coefficient (Wildman–Crippen LogP) is -18.2. The van der Waals surface area contributed by atoms with Gasteiger partial charge in [0.2, 0.25) is 11.8 Å². The molecule has 26 N–H and O–H groups in total. The van der Waals surface area contributed by atoms with Crippen molar-refractivity contribution in [1.29, 1.82) is 0 Å². The summed E-state index contributed by atoms with van der Waals surface area (Å²) in [4.78, 5) is 24.9. The molecule has 0 aliphatic carbocycles. The smallest absolute Gasteiger partial charge is 0.217 e. The fraction of sp³-hybridized carbons (Fsp3) is 0.962. The molecule has 8 fully saturated rings. The number of carbonyl (C=O) groups is 2. The van der Waals surface area contributed by atoms with E-state index < -0.39 is 310 Å². The summed E-state index contributed by atoms with van der Waals surface area (Å²) in [5, 5.41) is 266. The molecule has 8 aliphatic rings. The van der Waals surface area contributed by atoms with Crippen LogP contribution in [0.3, 0.4) is 0 Å². The molecule has 552 valence electrons. The minimum Gasteiger partial charge on any atom is -0.394 e. The normalized spacial score (nSPS) is 50.8. The van der Waals surface area contributed by atoms with Crippen molar-refractivity contribution in [2.45, 2.75) is 259 Å². The largest absolute Gasteiger partial charge is 0.394 e. The molecule has 40 atom stereocenters. The molecule has 8 heterocycles. The highest BCUT2D eigenvalue weighted by Crippen LogP contribution is 2.38. The number of amides is 2. The quantitative estimate of drug-likeness (QED) is 0.0427. The van der Waals surface area contributed by atoms with E-state index in [9.17, 15) is 132 Å². The van der Waals surface area contributed by atoms with E-state index >= 15 is 0 Å². The van der Waals surface area contributed by atoms with Crippen molar-refractivity contribution >= 4 is 11.8 Å². The Kier molecular flexibility index (Phi) is 27.9. The average Bonchev–Trinajstić information content (AvgIpc) is 0.778. The van der Waals surface area contributed by atoms with Gasteiger partial charge in [0.1, 0.15) is 195 Å². The first-order valence-electron chi connectivity index (χ1n) is 30.1. The molecule has 1 unspecified atom stereocenters. The van der Waals surface area contributed by atoms with Crippen molar-refractivity contribution in [1.82, 2.24) is 10.6 Å². The molecular weight excluding hydrogens is 1310 g/mol. The zero-order chi connectivity index (χ0) is 69.9. The molecule has 0 aromatic carbocycles. The topological polar surface area (TPSA) is 682 Å². The second-order valence-electron chi connectivity index (χ2n) is 23.9. The Morgan fingerprint density at radius 1 is 0.274 bits per heavy atom. The highest BCUT2D eigenvalue weighted by atomic mass is 16.8. The fourth-order valence-corrected chi connectivity index (χ4v) is 12.1. The van der Waals surface area contributed by atoms with Crippen molar-refractivity contribution in [3.8, 4) is 0 Å².